The van der Waals surface area contributed by atoms with E-state index < -0.39 is 5.97 Å². The van der Waals surface area contributed by atoms with Crippen molar-refractivity contribution in [2.75, 3.05) is 0 Å². The number of aliphatic carboxylic acids is 1. The van der Waals surface area contributed by atoms with Crippen LogP contribution in [0.2, 0.25) is 0 Å². The number of carboxylic acid groups (broad SMARTS) is 1. The van der Waals surface area contributed by atoms with Crippen LogP contribution in [0.15, 0.2) is 0 Å². The highest BCUT2D eigenvalue weighted by Crippen LogP contribution is 2.38. The summed E-state index contributed by atoms with van der Waals surface area (Å²) in [5.41, 5.74) is 0. The minimum absolute atomic E-state index is 0.0301. The van der Waals surface area contributed by atoms with Crippen LogP contribution < -0.4 is 0 Å². The van der Waals surface area contributed by atoms with Crippen molar-refractivity contribution in [2.45, 2.75) is 31.5 Å². The molecule has 2 rings (SSSR count). The van der Waals surface area contributed by atoms with E-state index >= 15 is 0 Å². The topological polar surface area (TPSA) is 46.5 Å². The quantitative estimate of drug-likeness (QED) is 0.584. The molecule has 0 radical (unpaired) electrons. The van der Waals surface area contributed by atoms with Gasteiger partial charge in [-0.2, -0.15) is 0 Å². The molecular weight excluding hydrogens is 132 g/mol. The Balaban J connectivity index is 2.08. The van der Waals surface area contributed by atoms with Gasteiger partial charge in [-0.25, -0.2) is 0 Å². The fraction of sp³-hybridized carbons (Fsp3) is 0.857. The maximum atomic E-state index is 10.5. The predicted octanol–water partition coefficient (Wildman–Crippen LogP) is 0.639. The summed E-state index contributed by atoms with van der Waals surface area (Å²) < 4.78 is 5.37. The highest BCUT2D eigenvalue weighted by atomic mass is 16.5. The van der Waals surface area contributed by atoms with E-state index in [-0.39, 0.29) is 18.1 Å². The molecule has 2 heterocycles. The fourth-order valence-electron chi connectivity index (χ4n) is 1.90. The molecule has 2 bridgehead atoms. The van der Waals surface area contributed by atoms with Crippen LogP contribution in [-0.2, 0) is 9.53 Å². The van der Waals surface area contributed by atoms with Gasteiger partial charge in [0.05, 0.1) is 18.1 Å². The Morgan fingerprint density at radius 3 is 2.60 bits per heavy atom. The summed E-state index contributed by atoms with van der Waals surface area (Å²) in [6, 6.07) is 0. The molecule has 1 N–H and O–H groups in total. The van der Waals surface area contributed by atoms with Crippen molar-refractivity contribution < 1.29 is 14.6 Å². The SMILES string of the molecule is O=C(O)[C@@H]1C[C@H]2CC[C@@H]1O2. The summed E-state index contributed by atoms with van der Waals surface area (Å²) in [5.74, 6) is -0.897. The first kappa shape index (κ1) is 6.16. The zero-order valence-electron chi connectivity index (χ0n) is 5.62. The van der Waals surface area contributed by atoms with E-state index in [4.69, 9.17) is 9.84 Å². The number of carbonyl (C=O) groups is 1. The zero-order chi connectivity index (χ0) is 7.14. The molecule has 2 aliphatic rings. The summed E-state index contributed by atoms with van der Waals surface area (Å²) in [6.07, 6.45) is 3.03. The van der Waals surface area contributed by atoms with Crippen LogP contribution in [0.25, 0.3) is 0 Å². The van der Waals surface area contributed by atoms with E-state index in [9.17, 15) is 4.79 Å². The second-order valence-corrected chi connectivity index (χ2v) is 3.05. The largest absolute Gasteiger partial charge is 0.481 e. The first-order valence-electron chi connectivity index (χ1n) is 3.65. The number of fused-ring (bicyclic) bond motifs is 2. The van der Waals surface area contributed by atoms with Crippen LogP contribution in [0.1, 0.15) is 19.3 Å². The third-order valence-electron chi connectivity index (χ3n) is 2.42. The van der Waals surface area contributed by atoms with E-state index in [1.165, 1.54) is 0 Å². The van der Waals surface area contributed by atoms with Gasteiger partial charge in [0, 0.05) is 0 Å². The maximum Gasteiger partial charge on any atom is 0.309 e. The van der Waals surface area contributed by atoms with Crippen molar-refractivity contribution in [1.29, 1.82) is 0 Å². The minimum Gasteiger partial charge on any atom is -0.481 e. The molecule has 2 fully saturated rings. The molecule has 3 nitrogen and oxygen atoms in total. The molecule has 0 saturated carbocycles. The molecule has 0 amide bonds. The molecular formula is C7H10O3. The third-order valence-corrected chi connectivity index (χ3v) is 2.42. The molecule has 0 aromatic rings. The number of ether oxygens (including phenoxy) is 1. The minimum atomic E-state index is -0.688. The van der Waals surface area contributed by atoms with Crippen molar-refractivity contribution in [3.63, 3.8) is 0 Å². The lowest BCUT2D eigenvalue weighted by molar-refractivity contribution is -0.143. The molecule has 10 heavy (non-hydrogen) atoms. The Morgan fingerprint density at radius 2 is 2.30 bits per heavy atom. The summed E-state index contributed by atoms with van der Waals surface area (Å²) in [4.78, 5) is 10.5. The van der Waals surface area contributed by atoms with E-state index in [1.54, 1.807) is 0 Å². The highest BCUT2D eigenvalue weighted by Gasteiger charge is 2.44. The molecule has 3 atom stereocenters. The van der Waals surface area contributed by atoms with E-state index in [0.717, 1.165) is 19.3 Å². The molecule has 0 aromatic carbocycles. The average molecular weight is 142 g/mol. The smallest absolute Gasteiger partial charge is 0.309 e. The van der Waals surface area contributed by atoms with Gasteiger partial charge in [0.2, 0.25) is 0 Å². The van der Waals surface area contributed by atoms with Crippen LogP contribution in [-0.4, -0.2) is 23.3 Å². The second kappa shape index (κ2) is 1.95. The van der Waals surface area contributed by atoms with Crippen LogP contribution in [0.5, 0.6) is 0 Å². The molecule has 0 spiro atoms. The van der Waals surface area contributed by atoms with Crippen LogP contribution in [0.3, 0.4) is 0 Å². The first-order chi connectivity index (χ1) is 4.77. The van der Waals surface area contributed by atoms with Gasteiger partial charge in [-0.05, 0) is 19.3 Å². The third kappa shape index (κ3) is 0.736. The van der Waals surface area contributed by atoms with Crippen molar-refractivity contribution in [2.24, 2.45) is 5.92 Å². The van der Waals surface area contributed by atoms with Crippen LogP contribution in [0, 0.1) is 5.92 Å². The van der Waals surface area contributed by atoms with Gasteiger partial charge in [-0.15, -0.1) is 0 Å². The number of hydrogen-bond donors (Lipinski definition) is 1. The monoisotopic (exact) mass is 142 g/mol. The highest BCUT2D eigenvalue weighted by molar-refractivity contribution is 5.71. The Labute approximate surface area is 59.0 Å². The van der Waals surface area contributed by atoms with Crippen molar-refractivity contribution in [1.82, 2.24) is 0 Å². The van der Waals surface area contributed by atoms with Crippen molar-refractivity contribution >= 4 is 5.97 Å². The second-order valence-electron chi connectivity index (χ2n) is 3.05. The van der Waals surface area contributed by atoms with Gasteiger partial charge in [-0.1, -0.05) is 0 Å². The first-order valence-corrected chi connectivity index (χ1v) is 3.65. The van der Waals surface area contributed by atoms with Crippen LogP contribution >= 0.6 is 0 Å². The summed E-state index contributed by atoms with van der Waals surface area (Å²) in [5, 5.41) is 8.66. The number of carboxylic acids is 1. The van der Waals surface area contributed by atoms with Crippen molar-refractivity contribution in [3.05, 3.63) is 0 Å². The predicted molar refractivity (Wildman–Crippen MR) is 33.6 cm³/mol. The maximum absolute atomic E-state index is 10.5. The molecule has 0 aromatic heterocycles. The van der Waals surface area contributed by atoms with E-state index in [0.29, 0.717) is 0 Å². The Kier molecular flexibility index (Phi) is 1.20. The zero-order valence-corrected chi connectivity index (χ0v) is 5.62. The van der Waals surface area contributed by atoms with Gasteiger partial charge in [0.15, 0.2) is 0 Å². The van der Waals surface area contributed by atoms with Crippen molar-refractivity contribution in [3.8, 4) is 0 Å². The average Bonchev–Trinajstić information content (AvgIpc) is 2.44. The Morgan fingerprint density at radius 1 is 1.50 bits per heavy atom. The van der Waals surface area contributed by atoms with Gasteiger partial charge in [0.25, 0.3) is 0 Å². The van der Waals surface area contributed by atoms with Gasteiger partial charge in [0.1, 0.15) is 0 Å². The van der Waals surface area contributed by atoms with Gasteiger partial charge < -0.3 is 9.84 Å². The summed E-state index contributed by atoms with van der Waals surface area (Å²) >= 11 is 0. The molecule has 56 valence electrons. The standard InChI is InChI=1S/C7H10O3/c8-7(9)5-3-4-1-2-6(5)10-4/h4-6H,1-3H2,(H,8,9)/t4-,5-,6+/m1/s1. The van der Waals surface area contributed by atoms with E-state index in [1.807, 2.05) is 0 Å². The Hall–Kier alpha value is -0.570. The Bertz CT molecular complexity index is 166. The van der Waals surface area contributed by atoms with E-state index in [2.05, 4.69) is 0 Å². The fourth-order valence-corrected chi connectivity index (χ4v) is 1.90. The van der Waals surface area contributed by atoms with Gasteiger partial charge in [-0.3, -0.25) is 4.79 Å². The normalized spacial score (nSPS) is 44.2. The lowest BCUT2D eigenvalue weighted by Gasteiger charge is -2.12. The van der Waals surface area contributed by atoms with Crippen LogP contribution in [0.4, 0.5) is 0 Å². The lowest BCUT2D eigenvalue weighted by atomic mass is 9.89. The molecule has 3 heteroatoms. The number of rotatable bonds is 1. The summed E-state index contributed by atoms with van der Waals surface area (Å²) in [6.45, 7) is 0. The molecule has 0 aliphatic carbocycles. The summed E-state index contributed by atoms with van der Waals surface area (Å²) in [7, 11) is 0. The molecule has 0 unspecified atom stereocenters. The molecule has 2 saturated heterocycles. The lowest BCUT2D eigenvalue weighted by Crippen LogP contribution is -2.24. The number of hydrogen-bond acceptors (Lipinski definition) is 2. The molecule has 2 aliphatic heterocycles. The van der Waals surface area contributed by atoms with Gasteiger partial charge >= 0.3 is 5.97 Å².